The quantitative estimate of drug-likeness (QED) is 0.286. The molecule has 3 aromatic carbocycles. The minimum Gasteiger partial charge on any atom is -0.497 e. The number of carbonyl (C=O) groups is 2. The lowest BCUT2D eigenvalue weighted by atomic mass is 9.70. The molecule has 0 bridgehead atoms. The molecule has 2 amide bonds. The van der Waals surface area contributed by atoms with Gasteiger partial charge in [-0.05, 0) is 87.0 Å². The first-order chi connectivity index (χ1) is 22.3. The molecule has 3 heterocycles. The molecule has 3 saturated heterocycles. The van der Waals surface area contributed by atoms with Crippen LogP contribution in [0.2, 0.25) is 10.0 Å². The minimum atomic E-state index is -0.494. The van der Waals surface area contributed by atoms with E-state index < -0.39 is 5.54 Å². The lowest BCUT2D eigenvalue weighted by Crippen LogP contribution is -2.56. The Balaban J connectivity index is 1.16. The van der Waals surface area contributed by atoms with Crippen LogP contribution in [0.25, 0.3) is 0 Å². The third-order valence-electron chi connectivity index (χ3n) is 10.3. The Bertz CT molecular complexity index is 1560. The third-order valence-corrected chi connectivity index (χ3v) is 11.0. The minimum absolute atomic E-state index is 0.0530. The highest BCUT2D eigenvalue weighted by Gasteiger charge is 2.50. The molecular weight excluding hydrogens is 623 g/mol. The zero-order valence-electron chi connectivity index (χ0n) is 26.6. The average Bonchev–Trinajstić information content (AvgIpc) is 3.41. The maximum atomic E-state index is 13.9. The van der Waals surface area contributed by atoms with Crippen molar-refractivity contribution in [2.45, 2.75) is 49.5 Å². The summed E-state index contributed by atoms with van der Waals surface area (Å²) in [5, 5.41) is 4.15. The summed E-state index contributed by atoms with van der Waals surface area (Å²) in [4.78, 5) is 33.8. The molecule has 0 saturated carbocycles. The number of carbonyl (C=O) groups excluding carboxylic acids is 2. The summed E-state index contributed by atoms with van der Waals surface area (Å²) < 4.78 is 10.9. The SMILES string of the molecule is COc1ccc(C(=O)N2CCCC(CCCN3CCC4(CC3)C(=O)NCN4c3ccccc3)(c3ccc(Cl)c(Cl)c3)C2)c(OC)c1. The standard InChI is InChI=1S/C36H42Cl2N4O4/c1-45-28-11-12-29(32(23-28)46-2)33(43)41-19-7-15-35(24-41,26-10-13-30(37)31(38)22-26)14-6-18-40-20-16-36(17-21-40)34(44)39-25-42(36)27-8-4-3-5-9-27/h3-5,8-13,22-23H,6-7,14-21,24-25H2,1-2H3,(H,39,44). The highest BCUT2D eigenvalue weighted by molar-refractivity contribution is 6.42. The van der Waals surface area contributed by atoms with E-state index in [9.17, 15) is 9.59 Å². The number of hydrogen-bond acceptors (Lipinski definition) is 6. The fourth-order valence-corrected chi connectivity index (χ4v) is 7.98. The van der Waals surface area contributed by atoms with Crippen LogP contribution >= 0.6 is 23.2 Å². The number of anilines is 1. The van der Waals surface area contributed by atoms with Crippen LogP contribution < -0.4 is 19.7 Å². The number of benzene rings is 3. The molecule has 1 unspecified atom stereocenters. The van der Waals surface area contributed by atoms with Crippen LogP contribution in [0.4, 0.5) is 5.69 Å². The molecular formula is C36H42Cl2N4O4. The van der Waals surface area contributed by atoms with Crippen molar-refractivity contribution in [2.24, 2.45) is 0 Å². The lowest BCUT2D eigenvalue weighted by molar-refractivity contribution is -0.125. The Morgan fingerprint density at radius 1 is 0.913 bits per heavy atom. The van der Waals surface area contributed by atoms with Gasteiger partial charge in [-0.25, -0.2) is 0 Å². The van der Waals surface area contributed by atoms with E-state index >= 15 is 0 Å². The molecule has 3 aliphatic heterocycles. The van der Waals surface area contributed by atoms with Crippen LogP contribution in [0.1, 0.15) is 54.4 Å². The predicted molar refractivity (Wildman–Crippen MR) is 182 cm³/mol. The number of amides is 2. The number of methoxy groups -OCH3 is 2. The Morgan fingerprint density at radius 3 is 2.41 bits per heavy atom. The van der Waals surface area contributed by atoms with Crippen molar-refractivity contribution in [3.63, 3.8) is 0 Å². The van der Waals surface area contributed by atoms with E-state index in [1.54, 1.807) is 32.4 Å². The normalized spacial score (nSPS) is 21.3. The zero-order chi connectivity index (χ0) is 32.3. The van der Waals surface area contributed by atoms with E-state index in [1.807, 2.05) is 35.2 Å². The Labute approximate surface area is 281 Å². The van der Waals surface area contributed by atoms with E-state index in [4.69, 9.17) is 32.7 Å². The summed E-state index contributed by atoms with van der Waals surface area (Å²) >= 11 is 12.9. The number of piperidine rings is 2. The van der Waals surface area contributed by atoms with Crippen molar-refractivity contribution in [1.82, 2.24) is 15.1 Å². The van der Waals surface area contributed by atoms with Gasteiger partial charge in [-0.1, -0.05) is 47.5 Å². The molecule has 3 aliphatic rings. The Hall–Kier alpha value is -3.46. The molecule has 8 nitrogen and oxygen atoms in total. The van der Waals surface area contributed by atoms with Gasteiger partial charge in [0.25, 0.3) is 5.91 Å². The second-order valence-corrected chi connectivity index (χ2v) is 13.5. The molecule has 6 rings (SSSR count). The molecule has 3 fully saturated rings. The number of ether oxygens (including phenoxy) is 2. The summed E-state index contributed by atoms with van der Waals surface area (Å²) in [6.07, 6.45) is 5.25. The van der Waals surface area contributed by atoms with Gasteiger partial charge in [-0.2, -0.15) is 0 Å². The first-order valence-electron chi connectivity index (χ1n) is 16.1. The first kappa shape index (κ1) is 32.5. The van der Waals surface area contributed by atoms with Crippen molar-refractivity contribution in [1.29, 1.82) is 0 Å². The second-order valence-electron chi connectivity index (χ2n) is 12.7. The molecule has 3 aromatic rings. The number of rotatable bonds is 9. The molecule has 46 heavy (non-hydrogen) atoms. The molecule has 10 heteroatoms. The van der Waals surface area contributed by atoms with Gasteiger partial charge in [0.1, 0.15) is 17.0 Å². The van der Waals surface area contributed by atoms with Crippen molar-refractivity contribution in [2.75, 3.05) is 58.5 Å². The van der Waals surface area contributed by atoms with Gasteiger partial charge < -0.3 is 29.5 Å². The molecule has 1 N–H and O–H groups in total. The van der Waals surface area contributed by atoms with Gasteiger partial charge in [0.15, 0.2) is 0 Å². The van der Waals surface area contributed by atoms with Gasteiger partial charge in [0.05, 0.1) is 36.5 Å². The summed E-state index contributed by atoms with van der Waals surface area (Å²) in [5.41, 5.74) is 1.96. The number of hydrogen-bond donors (Lipinski definition) is 1. The third kappa shape index (κ3) is 6.27. The van der Waals surface area contributed by atoms with Crippen molar-refractivity contribution < 1.29 is 19.1 Å². The smallest absolute Gasteiger partial charge is 0.257 e. The Kier molecular flexibility index (Phi) is 9.69. The van der Waals surface area contributed by atoms with Crippen LogP contribution in [-0.2, 0) is 10.2 Å². The monoisotopic (exact) mass is 664 g/mol. The predicted octanol–water partition coefficient (Wildman–Crippen LogP) is 6.39. The van der Waals surface area contributed by atoms with Gasteiger partial charge in [0, 0.05) is 43.3 Å². The summed E-state index contributed by atoms with van der Waals surface area (Å²) in [6.45, 7) is 4.44. The largest absolute Gasteiger partial charge is 0.497 e. The number of para-hydroxylation sites is 1. The van der Waals surface area contributed by atoms with Crippen molar-refractivity contribution in [3.05, 3.63) is 87.9 Å². The summed E-state index contributed by atoms with van der Waals surface area (Å²) in [6, 6.07) is 21.5. The van der Waals surface area contributed by atoms with Crippen LogP contribution in [0, 0.1) is 0 Å². The molecule has 244 valence electrons. The number of halogens is 2. The highest BCUT2D eigenvalue weighted by atomic mass is 35.5. The maximum Gasteiger partial charge on any atom is 0.257 e. The molecule has 0 radical (unpaired) electrons. The van der Waals surface area contributed by atoms with E-state index in [0.29, 0.717) is 46.9 Å². The fraction of sp³-hybridized carbons (Fsp3) is 0.444. The average molecular weight is 666 g/mol. The second kappa shape index (κ2) is 13.7. The Morgan fingerprint density at radius 2 is 1.70 bits per heavy atom. The van der Waals surface area contributed by atoms with E-state index in [1.165, 1.54) is 0 Å². The van der Waals surface area contributed by atoms with E-state index in [-0.39, 0.29) is 17.2 Å². The number of nitrogens with one attached hydrogen (secondary N) is 1. The van der Waals surface area contributed by atoms with Crippen LogP contribution in [-0.4, -0.2) is 80.8 Å². The highest BCUT2D eigenvalue weighted by Crippen LogP contribution is 2.42. The summed E-state index contributed by atoms with van der Waals surface area (Å²) in [5.74, 6) is 1.22. The molecule has 1 atom stereocenters. The maximum absolute atomic E-state index is 13.9. The van der Waals surface area contributed by atoms with E-state index in [2.05, 4.69) is 33.3 Å². The zero-order valence-corrected chi connectivity index (χ0v) is 28.1. The first-order valence-corrected chi connectivity index (χ1v) is 16.8. The van der Waals surface area contributed by atoms with Crippen LogP contribution in [0.15, 0.2) is 66.7 Å². The van der Waals surface area contributed by atoms with Gasteiger partial charge in [0.2, 0.25) is 5.91 Å². The van der Waals surface area contributed by atoms with Crippen molar-refractivity contribution >= 4 is 40.7 Å². The topological polar surface area (TPSA) is 74.4 Å². The van der Waals surface area contributed by atoms with Crippen LogP contribution in [0.3, 0.4) is 0 Å². The van der Waals surface area contributed by atoms with Gasteiger partial charge in [-0.3, -0.25) is 9.59 Å². The lowest BCUT2D eigenvalue weighted by Gasteiger charge is -2.45. The van der Waals surface area contributed by atoms with E-state index in [0.717, 1.165) is 69.4 Å². The molecule has 1 spiro atoms. The fourth-order valence-electron chi connectivity index (χ4n) is 7.68. The van der Waals surface area contributed by atoms with Crippen molar-refractivity contribution in [3.8, 4) is 11.5 Å². The summed E-state index contributed by atoms with van der Waals surface area (Å²) in [7, 11) is 3.17. The number of likely N-dealkylation sites (tertiary alicyclic amines) is 2. The molecule has 0 aromatic heterocycles. The number of nitrogens with zero attached hydrogens (tertiary/aromatic N) is 3. The van der Waals surface area contributed by atoms with Gasteiger partial charge in [-0.15, -0.1) is 0 Å². The molecule has 0 aliphatic carbocycles. The van der Waals surface area contributed by atoms with Gasteiger partial charge >= 0.3 is 0 Å². The van der Waals surface area contributed by atoms with Crippen LogP contribution in [0.5, 0.6) is 11.5 Å².